The Morgan fingerprint density at radius 2 is 1.17 bits per heavy atom. The van der Waals surface area contributed by atoms with Crippen molar-refractivity contribution in [1.29, 1.82) is 0 Å². The maximum Gasteiger partial charge on any atom is 0.0470 e. The zero-order valence-electron chi connectivity index (χ0n) is 17.7. The molecule has 5 aromatic rings. The third-order valence-electron chi connectivity index (χ3n) is 5.92. The minimum Gasteiger partial charge on any atom is -0.355 e. The minimum atomic E-state index is 1.14. The third kappa shape index (κ3) is 3.13. The molecular formula is C29H25N. The van der Waals surface area contributed by atoms with E-state index in [1.807, 2.05) is 0 Å². The molecule has 0 radical (unpaired) electrons. The van der Waals surface area contributed by atoms with Crippen LogP contribution >= 0.6 is 0 Å². The van der Waals surface area contributed by atoms with Crippen molar-refractivity contribution in [3.8, 4) is 11.1 Å². The Bertz CT molecular complexity index is 1370. The lowest BCUT2D eigenvalue weighted by atomic mass is 9.92. The molecule has 0 aromatic heterocycles. The summed E-state index contributed by atoms with van der Waals surface area (Å²) in [5.41, 5.74) is 8.67. The summed E-state index contributed by atoms with van der Waals surface area (Å²) in [4.78, 5) is 0. The van der Waals surface area contributed by atoms with Crippen molar-refractivity contribution in [1.82, 2.24) is 0 Å². The predicted molar refractivity (Wildman–Crippen MR) is 131 cm³/mol. The maximum atomic E-state index is 3.79. The monoisotopic (exact) mass is 387 g/mol. The molecule has 1 heteroatoms. The van der Waals surface area contributed by atoms with Gasteiger partial charge >= 0.3 is 0 Å². The Morgan fingerprint density at radius 3 is 1.90 bits per heavy atom. The number of rotatable bonds is 3. The molecule has 5 rings (SSSR count). The first-order valence-electron chi connectivity index (χ1n) is 10.5. The van der Waals surface area contributed by atoms with Crippen LogP contribution in [0.4, 0.5) is 11.4 Å². The molecule has 30 heavy (non-hydrogen) atoms. The lowest BCUT2D eigenvalue weighted by Crippen LogP contribution is -1.99. The van der Waals surface area contributed by atoms with Crippen LogP contribution in [0.3, 0.4) is 0 Å². The number of anilines is 2. The summed E-state index contributed by atoms with van der Waals surface area (Å²) in [5.74, 6) is 0. The first-order chi connectivity index (χ1) is 14.6. The zero-order valence-corrected chi connectivity index (χ0v) is 17.7. The Hall–Kier alpha value is -3.58. The van der Waals surface area contributed by atoms with Crippen molar-refractivity contribution in [3.05, 3.63) is 108 Å². The highest BCUT2D eigenvalue weighted by molar-refractivity contribution is 6.10. The van der Waals surface area contributed by atoms with Crippen LogP contribution < -0.4 is 5.32 Å². The van der Waals surface area contributed by atoms with Crippen LogP contribution in [0.5, 0.6) is 0 Å². The molecule has 146 valence electrons. The van der Waals surface area contributed by atoms with Gasteiger partial charge in [0, 0.05) is 16.9 Å². The summed E-state index contributed by atoms with van der Waals surface area (Å²) in [6.45, 7) is 6.52. The van der Waals surface area contributed by atoms with Crippen molar-refractivity contribution >= 4 is 32.9 Å². The molecule has 1 nitrogen and oxygen atoms in total. The maximum absolute atomic E-state index is 3.79. The first kappa shape index (κ1) is 18.4. The highest BCUT2D eigenvalue weighted by Gasteiger charge is 2.14. The normalized spacial score (nSPS) is 11.2. The number of hydrogen-bond donors (Lipinski definition) is 1. The molecule has 0 aliphatic heterocycles. The Labute approximate surface area is 178 Å². The quantitative estimate of drug-likeness (QED) is 0.328. The van der Waals surface area contributed by atoms with Gasteiger partial charge in [0.1, 0.15) is 0 Å². The third-order valence-corrected chi connectivity index (χ3v) is 5.92. The predicted octanol–water partition coefficient (Wildman–Crippen LogP) is 8.33. The molecule has 0 saturated heterocycles. The number of aryl methyl sites for hydroxylation is 3. The summed E-state index contributed by atoms with van der Waals surface area (Å²) in [6.07, 6.45) is 0. The largest absolute Gasteiger partial charge is 0.355 e. The van der Waals surface area contributed by atoms with Crippen LogP contribution in [0.2, 0.25) is 0 Å². The molecule has 0 aliphatic carbocycles. The van der Waals surface area contributed by atoms with E-state index in [-0.39, 0.29) is 0 Å². The summed E-state index contributed by atoms with van der Waals surface area (Å²) < 4.78 is 0. The molecule has 0 amide bonds. The van der Waals surface area contributed by atoms with Gasteiger partial charge < -0.3 is 5.32 Å². The van der Waals surface area contributed by atoms with E-state index >= 15 is 0 Å². The van der Waals surface area contributed by atoms with Gasteiger partial charge in [-0.25, -0.2) is 0 Å². The SMILES string of the molecule is Cc1cc(C)c(Nc2ccc3ccccc3c2-c2cccc3ccccc23)c(C)c1. The summed E-state index contributed by atoms with van der Waals surface area (Å²) in [6, 6.07) is 32.8. The van der Waals surface area contributed by atoms with Crippen molar-refractivity contribution < 1.29 is 0 Å². The van der Waals surface area contributed by atoms with Crippen molar-refractivity contribution in [3.63, 3.8) is 0 Å². The average Bonchev–Trinajstić information content (AvgIpc) is 2.75. The molecule has 5 aromatic carbocycles. The molecule has 0 atom stereocenters. The molecular weight excluding hydrogens is 362 g/mol. The van der Waals surface area contributed by atoms with Gasteiger partial charge in [-0.05, 0) is 65.1 Å². The zero-order chi connectivity index (χ0) is 20.7. The van der Waals surface area contributed by atoms with Crippen LogP contribution in [0, 0.1) is 20.8 Å². The molecule has 1 N–H and O–H groups in total. The lowest BCUT2D eigenvalue weighted by molar-refractivity contribution is 1.31. The molecule has 0 aliphatic rings. The van der Waals surface area contributed by atoms with E-state index in [1.54, 1.807) is 0 Å². The Kier molecular flexibility index (Phi) is 4.52. The van der Waals surface area contributed by atoms with Crippen LogP contribution in [-0.4, -0.2) is 0 Å². The van der Waals surface area contributed by atoms with E-state index in [0.717, 1.165) is 5.69 Å². The number of fused-ring (bicyclic) bond motifs is 2. The van der Waals surface area contributed by atoms with Crippen LogP contribution in [0.25, 0.3) is 32.7 Å². The van der Waals surface area contributed by atoms with Crippen molar-refractivity contribution in [2.75, 3.05) is 5.32 Å². The molecule has 0 unspecified atom stereocenters. The standard InChI is InChI=1S/C29H25N/c1-19-17-20(2)29(21(3)18-19)30-27-16-15-23-10-5-7-13-25(23)28(27)26-14-8-11-22-9-4-6-12-24(22)26/h4-18,30H,1-3H3. The number of nitrogens with one attached hydrogen (secondary N) is 1. The smallest absolute Gasteiger partial charge is 0.0470 e. The van der Waals surface area contributed by atoms with Gasteiger partial charge in [-0.3, -0.25) is 0 Å². The highest BCUT2D eigenvalue weighted by atomic mass is 14.9. The molecule has 0 bridgehead atoms. The number of hydrogen-bond acceptors (Lipinski definition) is 1. The van der Waals surface area contributed by atoms with Gasteiger partial charge in [0.2, 0.25) is 0 Å². The second-order valence-electron chi connectivity index (χ2n) is 8.13. The minimum absolute atomic E-state index is 1.14. The topological polar surface area (TPSA) is 12.0 Å². The summed E-state index contributed by atoms with van der Waals surface area (Å²) in [7, 11) is 0. The second-order valence-corrected chi connectivity index (χ2v) is 8.13. The van der Waals surface area contributed by atoms with E-state index in [2.05, 4.69) is 117 Å². The fraction of sp³-hybridized carbons (Fsp3) is 0.103. The van der Waals surface area contributed by atoms with E-state index in [9.17, 15) is 0 Å². The van der Waals surface area contributed by atoms with Crippen LogP contribution in [0.1, 0.15) is 16.7 Å². The fourth-order valence-electron chi connectivity index (χ4n) is 4.62. The van der Waals surface area contributed by atoms with Gasteiger partial charge in [0.15, 0.2) is 0 Å². The van der Waals surface area contributed by atoms with Gasteiger partial charge in [-0.15, -0.1) is 0 Å². The van der Waals surface area contributed by atoms with E-state index < -0.39 is 0 Å². The molecule has 0 spiro atoms. The molecule has 0 fully saturated rings. The van der Waals surface area contributed by atoms with Gasteiger partial charge in [-0.1, -0.05) is 90.5 Å². The second kappa shape index (κ2) is 7.35. The summed E-state index contributed by atoms with van der Waals surface area (Å²) >= 11 is 0. The van der Waals surface area contributed by atoms with Gasteiger partial charge in [0.05, 0.1) is 0 Å². The number of benzene rings is 5. The van der Waals surface area contributed by atoms with Crippen LogP contribution in [0.15, 0.2) is 91.0 Å². The van der Waals surface area contributed by atoms with E-state index in [1.165, 1.54) is 55.0 Å². The van der Waals surface area contributed by atoms with E-state index in [4.69, 9.17) is 0 Å². The van der Waals surface area contributed by atoms with Crippen LogP contribution in [-0.2, 0) is 0 Å². The first-order valence-corrected chi connectivity index (χ1v) is 10.5. The van der Waals surface area contributed by atoms with Gasteiger partial charge in [0.25, 0.3) is 0 Å². The summed E-state index contributed by atoms with van der Waals surface area (Å²) in [5, 5.41) is 8.85. The molecule has 0 saturated carbocycles. The average molecular weight is 388 g/mol. The fourth-order valence-corrected chi connectivity index (χ4v) is 4.62. The highest BCUT2D eigenvalue weighted by Crippen LogP contribution is 2.41. The Morgan fingerprint density at radius 1 is 0.567 bits per heavy atom. The Balaban J connectivity index is 1.81. The lowest BCUT2D eigenvalue weighted by Gasteiger charge is -2.20. The van der Waals surface area contributed by atoms with Gasteiger partial charge in [-0.2, -0.15) is 0 Å². The van der Waals surface area contributed by atoms with Crippen molar-refractivity contribution in [2.45, 2.75) is 20.8 Å². The van der Waals surface area contributed by atoms with E-state index in [0.29, 0.717) is 0 Å². The van der Waals surface area contributed by atoms with Crippen molar-refractivity contribution in [2.24, 2.45) is 0 Å². The molecule has 0 heterocycles.